The van der Waals surface area contributed by atoms with Crippen molar-refractivity contribution >= 4 is 12.1 Å². The van der Waals surface area contributed by atoms with Gasteiger partial charge in [-0.05, 0) is 12.8 Å². The van der Waals surface area contributed by atoms with Crippen LogP contribution in [0.15, 0.2) is 0 Å². The molecule has 1 aliphatic heterocycles. The van der Waals surface area contributed by atoms with E-state index < -0.39 is 6.16 Å². The minimum Gasteiger partial charge on any atom is -0.438 e. The molecular weight excluding hydrogens is 186 g/mol. The highest BCUT2D eigenvalue weighted by molar-refractivity contribution is 5.79. The van der Waals surface area contributed by atoms with E-state index in [1.54, 1.807) is 0 Å². The minimum atomic E-state index is -0.734. The van der Waals surface area contributed by atoms with E-state index in [0.717, 1.165) is 19.3 Å². The molecule has 1 unspecified atom stereocenters. The van der Waals surface area contributed by atoms with Crippen molar-refractivity contribution in [2.75, 3.05) is 20.3 Å². The summed E-state index contributed by atoms with van der Waals surface area (Å²) in [6.45, 7) is 0.825. The second kappa shape index (κ2) is 5.47. The van der Waals surface area contributed by atoms with Crippen LogP contribution in [0.5, 0.6) is 0 Å². The molecule has 1 N–H and O–H groups in total. The van der Waals surface area contributed by atoms with Crippen molar-refractivity contribution in [2.24, 2.45) is 5.92 Å². The average Bonchev–Trinajstić information content (AvgIpc) is 2.39. The van der Waals surface area contributed by atoms with Gasteiger partial charge in [-0.25, -0.2) is 4.79 Å². The molecule has 1 rings (SSSR count). The molecule has 1 heterocycles. The highest BCUT2D eigenvalue weighted by Gasteiger charge is 2.22. The third-order valence-corrected chi connectivity index (χ3v) is 2.22. The number of carbonyl (C=O) groups is 2. The van der Waals surface area contributed by atoms with Gasteiger partial charge in [0.15, 0.2) is 0 Å². The van der Waals surface area contributed by atoms with Crippen LogP contribution in [-0.4, -0.2) is 32.3 Å². The maximum atomic E-state index is 11.4. The highest BCUT2D eigenvalue weighted by Crippen LogP contribution is 2.12. The SMILES string of the molecule is COC(=O)OCC1CCCCNC1=O. The molecule has 0 aromatic carbocycles. The summed E-state index contributed by atoms with van der Waals surface area (Å²) in [5.74, 6) is -0.261. The maximum Gasteiger partial charge on any atom is 0.508 e. The van der Waals surface area contributed by atoms with Gasteiger partial charge in [0.1, 0.15) is 6.61 Å². The molecule has 80 valence electrons. The summed E-state index contributed by atoms with van der Waals surface area (Å²) in [7, 11) is 1.25. The van der Waals surface area contributed by atoms with Crippen LogP contribution in [0.4, 0.5) is 4.79 Å². The third-order valence-electron chi connectivity index (χ3n) is 2.22. The molecular formula is C9H15NO4. The zero-order chi connectivity index (χ0) is 10.4. The second-order valence-corrected chi connectivity index (χ2v) is 3.25. The predicted molar refractivity (Wildman–Crippen MR) is 48.7 cm³/mol. The lowest BCUT2D eigenvalue weighted by atomic mass is 10.0. The molecule has 1 aliphatic rings. The Bertz CT molecular complexity index is 217. The first kappa shape index (κ1) is 10.8. The van der Waals surface area contributed by atoms with E-state index in [2.05, 4.69) is 10.1 Å². The molecule has 5 nitrogen and oxygen atoms in total. The van der Waals surface area contributed by atoms with Gasteiger partial charge in [-0.15, -0.1) is 0 Å². The first-order valence-electron chi connectivity index (χ1n) is 4.72. The number of rotatable bonds is 2. The quantitative estimate of drug-likeness (QED) is 0.667. The van der Waals surface area contributed by atoms with Gasteiger partial charge in [-0.2, -0.15) is 0 Å². The van der Waals surface area contributed by atoms with Gasteiger partial charge < -0.3 is 14.8 Å². The molecule has 0 aliphatic carbocycles. The lowest BCUT2D eigenvalue weighted by molar-refractivity contribution is -0.126. The van der Waals surface area contributed by atoms with Gasteiger partial charge >= 0.3 is 6.16 Å². The van der Waals surface area contributed by atoms with Crippen molar-refractivity contribution < 1.29 is 19.1 Å². The van der Waals surface area contributed by atoms with Crippen LogP contribution >= 0.6 is 0 Å². The summed E-state index contributed by atoms with van der Waals surface area (Å²) in [6, 6.07) is 0. The number of amides is 1. The molecule has 1 fully saturated rings. The van der Waals surface area contributed by atoms with E-state index in [1.165, 1.54) is 7.11 Å². The summed E-state index contributed by atoms with van der Waals surface area (Å²) in [6.07, 6.45) is 2.00. The first-order chi connectivity index (χ1) is 6.74. The fourth-order valence-electron chi connectivity index (χ4n) is 1.39. The van der Waals surface area contributed by atoms with Gasteiger partial charge in [-0.1, -0.05) is 6.42 Å². The Morgan fingerprint density at radius 3 is 3.07 bits per heavy atom. The molecule has 0 aromatic rings. The van der Waals surface area contributed by atoms with E-state index in [1.807, 2.05) is 0 Å². The maximum absolute atomic E-state index is 11.4. The van der Waals surface area contributed by atoms with Gasteiger partial charge in [-0.3, -0.25) is 4.79 Å². The Balaban J connectivity index is 2.33. The van der Waals surface area contributed by atoms with Crippen molar-refractivity contribution in [3.05, 3.63) is 0 Å². The van der Waals surface area contributed by atoms with Crippen molar-refractivity contribution in [3.63, 3.8) is 0 Å². The lowest BCUT2D eigenvalue weighted by Gasteiger charge is -2.12. The van der Waals surface area contributed by atoms with Crippen molar-refractivity contribution in [1.29, 1.82) is 0 Å². The zero-order valence-corrected chi connectivity index (χ0v) is 8.25. The Labute approximate surface area is 82.8 Å². The van der Waals surface area contributed by atoms with E-state index in [9.17, 15) is 9.59 Å². The van der Waals surface area contributed by atoms with Gasteiger partial charge in [0.05, 0.1) is 13.0 Å². The zero-order valence-electron chi connectivity index (χ0n) is 8.25. The van der Waals surface area contributed by atoms with E-state index in [-0.39, 0.29) is 18.4 Å². The molecule has 14 heavy (non-hydrogen) atoms. The molecule has 0 saturated carbocycles. The van der Waals surface area contributed by atoms with Gasteiger partial charge in [0.25, 0.3) is 0 Å². The summed E-state index contributed by atoms with van der Waals surface area (Å²) < 4.78 is 9.05. The molecule has 1 amide bonds. The molecule has 0 spiro atoms. The van der Waals surface area contributed by atoms with Crippen LogP contribution in [0.2, 0.25) is 0 Å². The van der Waals surface area contributed by atoms with E-state index in [0.29, 0.717) is 6.54 Å². The molecule has 1 saturated heterocycles. The normalized spacial score (nSPS) is 22.1. The molecule has 1 atom stereocenters. The topological polar surface area (TPSA) is 64.6 Å². The average molecular weight is 201 g/mol. The summed E-state index contributed by atoms with van der Waals surface area (Å²) in [4.78, 5) is 22.0. The van der Waals surface area contributed by atoms with Crippen molar-refractivity contribution in [3.8, 4) is 0 Å². The van der Waals surface area contributed by atoms with Crippen LogP contribution in [-0.2, 0) is 14.3 Å². The molecule has 0 radical (unpaired) electrons. The molecule has 5 heteroatoms. The highest BCUT2D eigenvalue weighted by atomic mass is 16.7. The van der Waals surface area contributed by atoms with Crippen LogP contribution in [0.1, 0.15) is 19.3 Å². The fourth-order valence-corrected chi connectivity index (χ4v) is 1.39. The standard InChI is InChI=1S/C9H15NO4/c1-13-9(12)14-6-7-4-2-3-5-10-8(7)11/h7H,2-6H2,1H3,(H,10,11). The van der Waals surface area contributed by atoms with Crippen LogP contribution in [0, 0.1) is 5.92 Å². The van der Waals surface area contributed by atoms with Crippen LogP contribution in [0.3, 0.4) is 0 Å². The largest absolute Gasteiger partial charge is 0.508 e. The molecule has 0 bridgehead atoms. The van der Waals surface area contributed by atoms with Gasteiger partial charge in [0.2, 0.25) is 5.91 Å². The fraction of sp³-hybridized carbons (Fsp3) is 0.778. The number of hydrogen-bond acceptors (Lipinski definition) is 4. The van der Waals surface area contributed by atoms with E-state index >= 15 is 0 Å². The summed E-state index contributed by atoms with van der Waals surface area (Å²) in [5, 5.41) is 2.77. The Morgan fingerprint density at radius 1 is 1.57 bits per heavy atom. The Morgan fingerprint density at radius 2 is 2.36 bits per heavy atom. The van der Waals surface area contributed by atoms with Crippen molar-refractivity contribution in [1.82, 2.24) is 5.32 Å². The number of ether oxygens (including phenoxy) is 2. The number of nitrogens with one attached hydrogen (secondary N) is 1. The second-order valence-electron chi connectivity index (χ2n) is 3.25. The third kappa shape index (κ3) is 3.24. The number of hydrogen-bond donors (Lipinski definition) is 1. The monoisotopic (exact) mass is 201 g/mol. The predicted octanol–water partition coefficient (Wildman–Crippen LogP) is 0.686. The van der Waals surface area contributed by atoms with Gasteiger partial charge in [0, 0.05) is 6.54 Å². The lowest BCUT2D eigenvalue weighted by Crippen LogP contribution is -2.32. The Kier molecular flexibility index (Phi) is 4.22. The Hall–Kier alpha value is -1.26. The van der Waals surface area contributed by atoms with Crippen LogP contribution in [0.25, 0.3) is 0 Å². The number of methoxy groups -OCH3 is 1. The number of carbonyl (C=O) groups excluding carboxylic acids is 2. The minimum absolute atomic E-state index is 0.0357. The van der Waals surface area contributed by atoms with Crippen LogP contribution < -0.4 is 5.32 Å². The summed E-state index contributed by atoms with van der Waals surface area (Å²) >= 11 is 0. The summed E-state index contributed by atoms with van der Waals surface area (Å²) in [5.41, 5.74) is 0. The molecule has 0 aromatic heterocycles. The van der Waals surface area contributed by atoms with Crippen molar-refractivity contribution in [2.45, 2.75) is 19.3 Å². The smallest absolute Gasteiger partial charge is 0.438 e. The first-order valence-corrected chi connectivity index (χ1v) is 4.72. The van der Waals surface area contributed by atoms with E-state index in [4.69, 9.17) is 4.74 Å².